The van der Waals surface area contributed by atoms with E-state index < -0.39 is 0 Å². The Morgan fingerprint density at radius 2 is 1.58 bits per heavy atom. The molecule has 100 valence electrons. The molecule has 2 aromatic rings. The van der Waals surface area contributed by atoms with Gasteiger partial charge in [-0.1, -0.05) is 53.5 Å². The summed E-state index contributed by atoms with van der Waals surface area (Å²) in [6.07, 6.45) is 3.02. The second-order valence-corrected chi connectivity index (χ2v) is 5.56. The van der Waals surface area contributed by atoms with Crippen LogP contribution in [0.5, 0.6) is 0 Å². The molecule has 2 aromatic carbocycles. The Hall–Kier alpha value is -1.02. The first kappa shape index (κ1) is 14.4. The fourth-order valence-corrected chi connectivity index (χ4v) is 2.67. The minimum atomic E-state index is -0.0140. The molecule has 1 atom stereocenters. The lowest BCUT2D eigenvalue weighted by molar-refractivity contribution is 0.611. The van der Waals surface area contributed by atoms with Crippen LogP contribution in [0, 0.1) is 0 Å². The normalized spacial score (nSPS) is 12.4. The third-order valence-corrected chi connectivity index (χ3v) is 3.57. The molecule has 2 N–H and O–H groups in total. The average molecular weight is 294 g/mol. The molecule has 0 saturated heterocycles. The summed E-state index contributed by atoms with van der Waals surface area (Å²) in [5, 5.41) is 1.28. The van der Waals surface area contributed by atoms with Gasteiger partial charge in [0.25, 0.3) is 0 Å². The molecule has 0 amide bonds. The molecule has 1 nitrogen and oxygen atoms in total. The first-order valence-electron chi connectivity index (χ1n) is 6.40. The number of halogens is 2. The Morgan fingerprint density at radius 1 is 0.947 bits per heavy atom. The molecule has 0 bridgehead atoms. The maximum atomic E-state index is 6.18. The zero-order valence-corrected chi connectivity index (χ0v) is 12.2. The van der Waals surface area contributed by atoms with E-state index in [0.717, 1.165) is 24.8 Å². The van der Waals surface area contributed by atoms with Gasteiger partial charge in [0.1, 0.15) is 0 Å². The van der Waals surface area contributed by atoms with Gasteiger partial charge >= 0.3 is 0 Å². The number of benzene rings is 2. The Labute approximate surface area is 124 Å². The van der Waals surface area contributed by atoms with Crippen molar-refractivity contribution >= 4 is 23.2 Å². The molecule has 0 spiro atoms. The molecular formula is C16H17Cl2N. The summed E-state index contributed by atoms with van der Waals surface area (Å²) >= 11 is 12.0. The van der Waals surface area contributed by atoms with Crippen LogP contribution in [0.4, 0.5) is 0 Å². The topological polar surface area (TPSA) is 26.0 Å². The van der Waals surface area contributed by atoms with Crippen molar-refractivity contribution in [3.63, 3.8) is 0 Å². The van der Waals surface area contributed by atoms with Crippen molar-refractivity contribution in [1.82, 2.24) is 0 Å². The predicted molar refractivity (Wildman–Crippen MR) is 82.8 cm³/mol. The van der Waals surface area contributed by atoms with E-state index in [2.05, 4.69) is 24.3 Å². The van der Waals surface area contributed by atoms with E-state index in [1.54, 1.807) is 6.07 Å². The van der Waals surface area contributed by atoms with E-state index >= 15 is 0 Å². The fourth-order valence-electron chi connectivity index (χ4n) is 2.13. The van der Waals surface area contributed by atoms with Gasteiger partial charge in [0.05, 0.1) is 0 Å². The van der Waals surface area contributed by atoms with E-state index in [-0.39, 0.29) is 6.04 Å². The molecule has 0 aliphatic rings. The molecule has 19 heavy (non-hydrogen) atoms. The third kappa shape index (κ3) is 4.54. The van der Waals surface area contributed by atoms with Gasteiger partial charge in [0, 0.05) is 16.1 Å². The Morgan fingerprint density at radius 3 is 2.21 bits per heavy atom. The van der Waals surface area contributed by atoms with Crippen LogP contribution in [0.2, 0.25) is 10.0 Å². The monoisotopic (exact) mass is 293 g/mol. The average Bonchev–Trinajstić information content (AvgIpc) is 2.38. The number of nitrogens with two attached hydrogens (primary N) is 1. The highest BCUT2D eigenvalue weighted by molar-refractivity contribution is 6.34. The van der Waals surface area contributed by atoms with E-state index in [0.29, 0.717) is 10.0 Å². The molecule has 0 fully saturated rings. The van der Waals surface area contributed by atoms with Gasteiger partial charge in [-0.25, -0.2) is 0 Å². The number of rotatable bonds is 5. The lowest BCUT2D eigenvalue weighted by Gasteiger charge is -2.13. The van der Waals surface area contributed by atoms with Crippen molar-refractivity contribution in [2.75, 3.05) is 0 Å². The quantitative estimate of drug-likeness (QED) is 0.823. The molecule has 0 aliphatic carbocycles. The summed E-state index contributed by atoms with van der Waals surface area (Å²) in [6.45, 7) is 0. The van der Waals surface area contributed by atoms with Crippen LogP contribution in [0.25, 0.3) is 0 Å². The SMILES string of the molecule is NC(CCCc1ccccc1)c1cc(Cl)cc(Cl)c1. The van der Waals surface area contributed by atoms with E-state index in [9.17, 15) is 0 Å². The number of hydrogen-bond acceptors (Lipinski definition) is 1. The molecule has 0 aliphatic heterocycles. The van der Waals surface area contributed by atoms with Gasteiger partial charge in [-0.05, 0) is 48.6 Å². The van der Waals surface area contributed by atoms with Gasteiger partial charge in [0.15, 0.2) is 0 Å². The van der Waals surface area contributed by atoms with E-state index in [1.807, 2.05) is 18.2 Å². The highest BCUT2D eigenvalue weighted by atomic mass is 35.5. The summed E-state index contributed by atoms with van der Waals surface area (Å²) in [4.78, 5) is 0. The molecule has 0 aromatic heterocycles. The summed E-state index contributed by atoms with van der Waals surface area (Å²) in [5.74, 6) is 0. The third-order valence-electron chi connectivity index (χ3n) is 3.14. The van der Waals surface area contributed by atoms with Crippen LogP contribution >= 0.6 is 23.2 Å². The highest BCUT2D eigenvalue weighted by Crippen LogP contribution is 2.25. The zero-order chi connectivity index (χ0) is 13.7. The number of aryl methyl sites for hydroxylation is 1. The Balaban J connectivity index is 1.89. The van der Waals surface area contributed by atoms with E-state index in [1.165, 1.54) is 5.56 Å². The van der Waals surface area contributed by atoms with E-state index in [4.69, 9.17) is 28.9 Å². The minimum Gasteiger partial charge on any atom is -0.324 e. The lowest BCUT2D eigenvalue weighted by Crippen LogP contribution is -2.10. The molecule has 1 unspecified atom stereocenters. The molecule has 0 heterocycles. The summed E-state index contributed by atoms with van der Waals surface area (Å²) in [7, 11) is 0. The van der Waals surface area contributed by atoms with Gasteiger partial charge in [-0.2, -0.15) is 0 Å². The largest absolute Gasteiger partial charge is 0.324 e. The van der Waals surface area contributed by atoms with Crippen molar-refractivity contribution in [2.24, 2.45) is 5.73 Å². The number of hydrogen-bond donors (Lipinski definition) is 1. The van der Waals surface area contributed by atoms with Crippen LogP contribution in [-0.2, 0) is 6.42 Å². The van der Waals surface area contributed by atoms with Crippen molar-refractivity contribution < 1.29 is 0 Å². The van der Waals surface area contributed by atoms with Gasteiger partial charge in [-0.3, -0.25) is 0 Å². The molecular weight excluding hydrogens is 277 g/mol. The molecule has 0 saturated carbocycles. The Kier molecular flexibility index (Phi) is 5.26. The predicted octanol–water partition coefficient (Wildman–Crippen LogP) is 5.02. The summed E-state index contributed by atoms with van der Waals surface area (Å²) < 4.78 is 0. The van der Waals surface area contributed by atoms with Crippen LogP contribution in [0.1, 0.15) is 30.0 Å². The maximum Gasteiger partial charge on any atom is 0.0424 e. The molecule has 3 heteroatoms. The standard InChI is InChI=1S/C16H17Cl2N/c17-14-9-13(10-15(18)11-14)16(19)8-4-7-12-5-2-1-3-6-12/h1-3,5-6,9-11,16H,4,7-8,19H2. The van der Waals surface area contributed by atoms with Crippen LogP contribution < -0.4 is 5.73 Å². The van der Waals surface area contributed by atoms with Crippen molar-refractivity contribution in [1.29, 1.82) is 0 Å². The van der Waals surface area contributed by atoms with Crippen molar-refractivity contribution in [2.45, 2.75) is 25.3 Å². The van der Waals surface area contributed by atoms with Gasteiger partial charge < -0.3 is 5.73 Å². The second kappa shape index (κ2) is 6.95. The van der Waals surface area contributed by atoms with Crippen LogP contribution in [0.3, 0.4) is 0 Å². The first-order valence-corrected chi connectivity index (χ1v) is 7.16. The van der Waals surface area contributed by atoms with Crippen LogP contribution in [0.15, 0.2) is 48.5 Å². The van der Waals surface area contributed by atoms with Crippen molar-refractivity contribution in [3.05, 3.63) is 69.7 Å². The summed E-state index contributed by atoms with van der Waals surface area (Å²) in [6, 6.07) is 15.9. The first-order chi connectivity index (χ1) is 9.15. The van der Waals surface area contributed by atoms with Gasteiger partial charge in [0.2, 0.25) is 0 Å². The maximum absolute atomic E-state index is 6.18. The van der Waals surface area contributed by atoms with Gasteiger partial charge in [-0.15, -0.1) is 0 Å². The zero-order valence-electron chi connectivity index (χ0n) is 10.7. The second-order valence-electron chi connectivity index (χ2n) is 4.69. The highest BCUT2D eigenvalue weighted by Gasteiger charge is 2.08. The van der Waals surface area contributed by atoms with Crippen molar-refractivity contribution in [3.8, 4) is 0 Å². The summed E-state index contributed by atoms with van der Waals surface area (Å²) in [5.41, 5.74) is 8.53. The lowest BCUT2D eigenvalue weighted by atomic mass is 10.00. The molecule has 0 radical (unpaired) electrons. The smallest absolute Gasteiger partial charge is 0.0424 e. The van der Waals surface area contributed by atoms with Crippen LogP contribution in [-0.4, -0.2) is 0 Å². The molecule has 2 rings (SSSR count). The Bertz CT molecular complexity index is 505. The minimum absolute atomic E-state index is 0.0140. The fraction of sp³-hybridized carbons (Fsp3) is 0.250.